The highest BCUT2D eigenvalue weighted by atomic mass is 127. The second kappa shape index (κ2) is 9.99. The highest BCUT2D eigenvalue weighted by Crippen LogP contribution is 2.32. The fourth-order valence-corrected chi connectivity index (χ4v) is 4.44. The summed E-state index contributed by atoms with van der Waals surface area (Å²) in [4.78, 5) is 30.5. The number of nitrogens with zero attached hydrogens (tertiary/aromatic N) is 3. The van der Waals surface area contributed by atoms with Gasteiger partial charge in [0.15, 0.2) is 0 Å². The van der Waals surface area contributed by atoms with E-state index >= 15 is 0 Å². The number of hydrogen-bond acceptors (Lipinski definition) is 5. The highest BCUT2D eigenvalue weighted by molar-refractivity contribution is 14.1. The molecule has 2 aliphatic rings. The first-order chi connectivity index (χ1) is 13.9. The zero-order valence-corrected chi connectivity index (χ0v) is 19.4. The second-order valence-electron chi connectivity index (χ2n) is 7.17. The van der Waals surface area contributed by atoms with Crippen molar-refractivity contribution in [2.45, 2.75) is 12.5 Å². The number of likely N-dealkylation sites (tertiary alicyclic amines) is 1. The fraction of sp³-hybridized carbons (Fsp3) is 0.500. The molecule has 2 amide bonds. The van der Waals surface area contributed by atoms with Gasteiger partial charge < -0.3 is 19.9 Å². The third-order valence-electron chi connectivity index (χ3n) is 5.51. The largest absolute Gasteiger partial charge is 0.495 e. The SMILES string of the molecule is C=CC(=O)N1CCC(N2CCN(C(=O)CNc3cc(I)c(Cl)cc3OC)CC2)C1. The van der Waals surface area contributed by atoms with E-state index in [1.165, 1.54) is 6.08 Å². The molecule has 0 aromatic heterocycles. The molecule has 158 valence electrons. The first-order valence-electron chi connectivity index (χ1n) is 9.63. The average molecular weight is 533 g/mol. The number of rotatable bonds is 6. The van der Waals surface area contributed by atoms with Crippen molar-refractivity contribution in [2.24, 2.45) is 0 Å². The summed E-state index contributed by atoms with van der Waals surface area (Å²) in [6, 6.07) is 4.00. The van der Waals surface area contributed by atoms with Gasteiger partial charge in [-0.3, -0.25) is 14.5 Å². The minimum absolute atomic E-state index is 0.000300. The van der Waals surface area contributed by atoms with Crippen molar-refractivity contribution in [3.63, 3.8) is 0 Å². The Morgan fingerprint density at radius 2 is 2.00 bits per heavy atom. The molecule has 1 unspecified atom stereocenters. The lowest BCUT2D eigenvalue weighted by Gasteiger charge is -2.38. The van der Waals surface area contributed by atoms with E-state index in [1.807, 2.05) is 15.9 Å². The van der Waals surface area contributed by atoms with Crippen molar-refractivity contribution in [1.82, 2.24) is 14.7 Å². The lowest BCUT2D eigenvalue weighted by molar-refractivity contribution is -0.131. The monoisotopic (exact) mass is 532 g/mol. The third-order valence-corrected chi connectivity index (χ3v) is 7.03. The number of anilines is 1. The molecule has 0 aliphatic carbocycles. The molecule has 0 saturated carbocycles. The van der Waals surface area contributed by atoms with Crippen LogP contribution in [0.15, 0.2) is 24.8 Å². The average Bonchev–Trinajstić information content (AvgIpc) is 3.23. The van der Waals surface area contributed by atoms with E-state index in [2.05, 4.69) is 39.4 Å². The number of piperazine rings is 1. The van der Waals surface area contributed by atoms with E-state index in [-0.39, 0.29) is 18.4 Å². The molecule has 2 fully saturated rings. The van der Waals surface area contributed by atoms with Crippen LogP contribution in [0.1, 0.15) is 6.42 Å². The maximum absolute atomic E-state index is 12.6. The number of hydrogen-bond donors (Lipinski definition) is 1. The van der Waals surface area contributed by atoms with Crippen LogP contribution < -0.4 is 10.1 Å². The Balaban J connectivity index is 1.48. The minimum Gasteiger partial charge on any atom is -0.495 e. The molecule has 2 aliphatic heterocycles. The Labute approximate surface area is 190 Å². The number of nitrogens with one attached hydrogen (secondary N) is 1. The van der Waals surface area contributed by atoms with Crippen LogP contribution in [0.5, 0.6) is 5.75 Å². The van der Waals surface area contributed by atoms with Gasteiger partial charge in [-0.2, -0.15) is 0 Å². The zero-order valence-electron chi connectivity index (χ0n) is 16.5. The molecular weight excluding hydrogens is 507 g/mol. The summed E-state index contributed by atoms with van der Waals surface area (Å²) in [5.41, 5.74) is 0.756. The molecular formula is C20H26ClIN4O3. The number of carbonyl (C=O) groups is 2. The fourth-order valence-electron chi connectivity index (χ4n) is 3.82. The maximum Gasteiger partial charge on any atom is 0.246 e. The van der Waals surface area contributed by atoms with Crippen LogP contribution in [0.25, 0.3) is 0 Å². The standard InChI is InChI=1S/C20H26ClIN4O3/c1-3-19(27)26-5-4-14(13-26)24-6-8-25(9-7-24)20(28)12-23-17-11-16(22)15(21)10-18(17)29-2/h3,10-11,14,23H,1,4-9,12-13H2,2H3. The Morgan fingerprint density at radius 3 is 2.66 bits per heavy atom. The van der Waals surface area contributed by atoms with Gasteiger partial charge in [-0.15, -0.1) is 0 Å². The third kappa shape index (κ3) is 5.35. The van der Waals surface area contributed by atoms with Gasteiger partial charge in [0.25, 0.3) is 0 Å². The topological polar surface area (TPSA) is 65.1 Å². The quantitative estimate of drug-likeness (QED) is 0.450. The van der Waals surface area contributed by atoms with Gasteiger partial charge in [-0.1, -0.05) is 18.2 Å². The number of benzene rings is 1. The molecule has 1 atom stereocenters. The number of amides is 2. The van der Waals surface area contributed by atoms with Crippen LogP contribution in [0, 0.1) is 3.57 Å². The van der Waals surface area contributed by atoms with Gasteiger partial charge >= 0.3 is 0 Å². The van der Waals surface area contributed by atoms with Crippen molar-refractivity contribution in [2.75, 3.05) is 58.2 Å². The van der Waals surface area contributed by atoms with Crippen LogP contribution in [0.2, 0.25) is 5.02 Å². The molecule has 0 bridgehead atoms. The van der Waals surface area contributed by atoms with Crippen molar-refractivity contribution >= 4 is 51.7 Å². The molecule has 2 saturated heterocycles. The van der Waals surface area contributed by atoms with Crippen LogP contribution in [-0.4, -0.2) is 85.5 Å². The summed E-state index contributed by atoms with van der Waals surface area (Å²) < 4.78 is 6.24. The number of ether oxygens (including phenoxy) is 1. The van der Waals surface area contributed by atoms with E-state index in [0.29, 0.717) is 29.9 Å². The summed E-state index contributed by atoms with van der Waals surface area (Å²) in [7, 11) is 1.58. The Morgan fingerprint density at radius 1 is 1.28 bits per heavy atom. The lowest BCUT2D eigenvalue weighted by atomic mass is 10.2. The van der Waals surface area contributed by atoms with Crippen molar-refractivity contribution in [3.05, 3.63) is 33.4 Å². The van der Waals surface area contributed by atoms with Crippen LogP contribution in [-0.2, 0) is 9.59 Å². The minimum atomic E-state index is -0.000300. The van der Waals surface area contributed by atoms with E-state index < -0.39 is 0 Å². The molecule has 1 aromatic rings. The molecule has 0 spiro atoms. The molecule has 1 N–H and O–H groups in total. The summed E-state index contributed by atoms with van der Waals surface area (Å²) in [6.07, 6.45) is 2.35. The maximum atomic E-state index is 12.6. The molecule has 2 heterocycles. The van der Waals surface area contributed by atoms with Gasteiger partial charge in [-0.25, -0.2) is 0 Å². The Bertz CT molecular complexity index is 783. The molecule has 1 aromatic carbocycles. The van der Waals surface area contributed by atoms with Gasteiger partial charge in [0.05, 0.1) is 24.4 Å². The molecule has 7 nitrogen and oxygen atoms in total. The second-order valence-corrected chi connectivity index (χ2v) is 8.74. The highest BCUT2D eigenvalue weighted by Gasteiger charge is 2.32. The Hall–Kier alpha value is -1.52. The van der Waals surface area contributed by atoms with Crippen molar-refractivity contribution in [3.8, 4) is 5.75 Å². The smallest absolute Gasteiger partial charge is 0.246 e. The van der Waals surface area contributed by atoms with Crippen LogP contribution in [0.3, 0.4) is 0 Å². The first kappa shape index (κ1) is 22.2. The summed E-state index contributed by atoms with van der Waals surface area (Å²) in [5, 5.41) is 3.79. The first-order valence-corrected chi connectivity index (χ1v) is 11.1. The van der Waals surface area contributed by atoms with Gasteiger partial charge in [0.2, 0.25) is 11.8 Å². The van der Waals surface area contributed by atoms with E-state index in [4.69, 9.17) is 16.3 Å². The summed E-state index contributed by atoms with van der Waals surface area (Å²) in [5.74, 6) is 0.680. The molecule has 9 heteroatoms. The van der Waals surface area contributed by atoms with Crippen LogP contribution >= 0.6 is 34.2 Å². The number of methoxy groups -OCH3 is 1. The summed E-state index contributed by atoms with van der Waals surface area (Å²) in [6.45, 7) is 8.34. The van der Waals surface area contributed by atoms with Gasteiger partial charge in [0.1, 0.15) is 5.75 Å². The van der Waals surface area contributed by atoms with E-state index in [9.17, 15) is 9.59 Å². The predicted octanol–water partition coefficient (Wildman–Crippen LogP) is 2.30. The van der Waals surface area contributed by atoms with E-state index in [1.54, 1.807) is 13.2 Å². The Kier molecular flexibility index (Phi) is 7.64. The van der Waals surface area contributed by atoms with E-state index in [0.717, 1.165) is 41.9 Å². The predicted molar refractivity (Wildman–Crippen MR) is 123 cm³/mol. The van der Waals surface area contributed by atoms with Crippen molar-refractivity contribution in [1.29, 1.82) is 0 Å². The number of halogens is 2. The summed E-state index contributed by atoms with van der Waals surface area (Å²) >= 11 is 8.28. The lowest BCUT2D eigenvalue weighted by Crippen LogP contribution is -2.53. The molecule has 0 radical (unpaired) electrons. The van der Waals surface area contributed by atoms with Crippen LogP contribution in [0.4, 0.5) is 5.69 Å². The normalized spacial score (nSPS) is 19.9. The molecule has 29 heavy (non-hydrogen) atoms. The van der Waals surface area contributed by atoms with Gasteiger partial charge in [0, 0.05) is 54.9 Å². The van der Waals surface area contributed by atoms with Gasteiger partial charge in [-0.05, 0) is 41.2 Å². The number of carbonyl (C=O) groups excluding carboxylic acids is 2. The zero-order chi connectivity index (χ0) is 21.0. The molecule has 3 rings (SSSR count). The van der Waals surface area contributed by atoms with Crippen molar-refractivity contribution < 1.29 is 14.3 Å².